The molecular weight excluding hydrogens is 548 g/mol. The van der Waals surface area contributed by atoms with E-state index in [0.717, 1.165) is 50.3 Å². The van der Waals surface area contributed by atoms with Gasteiger partial charge in [-0.2, -0.15) is 0 Å². The number of aryl methyl sites for hydroxylation is 1. The van der Waals surface area contributed by atoms with Crippen LogP contribution in [0.25, 0.3) is 33.4 Å². The van der Waals surface area contributed by atoms with Crippen LogP contribution in [0.1, 0.15) is 13.8 Å². The number of benzene rings is 6. The van der Waals surface area contributed by atoms with Gasteiger partial charge in [-0.15, -0.1) is 0 Å². The van der Waals surface area contributed by atoms with Gasteiger partial charge in [-0.1, -0.05) is 109 Å². The largest absolute Gasteiger partial charge is 0.368 e. The Hall–Kier alpha value is -5.48. The fourth-order valence-electron chi connectivity index (χ4n) is 6.15. The first-order valence-corrected chi connectivity index (χ1v) is 15.1. The molecule has 0 spiro atoms. The van der Waals surface area contributed by atoms with E-state index < -0.39 is 14.0 Å². The van der Waals surface area contributed by atoms with Crippen molar-refractivity contribution in [2.45, 2.75) is 6.92 Å². The smallest absolute Gasteiger partial charge is 0.0950 e. The molecule has 1 aliphatic rings. The van der Waals surface area contributed by atoms with Gasteiger partial charge < -0.3 is 20.0 Å². The van der Waals surface area contributed by atoms with E-state index in [1.54, 1.807) is 0 Å². The summed E-state index contributed by atoms with van der Waals surface area (Å²) in [6.45, 7) is -2.73. The molecule has 0 amide bonds. The summed E-state index contributed by atoms with van der Waals surface area (Å²) in [6.07, 6.45) is 0. The van der Waals surface area contributed by atoms with Crippen LogP contribution in [0.15, 0.2) is 146 Å². The van der Waals surface area contributed by atoms with Crippen molar-refractivity contribution in [3.63, 3.8) is 0 Å². The van der Waals surface area contributed by atoms with Gasteiger partial charge >= 0.3 is 0 Å². The van der Waals surface area contributed by atoms with Crippen molar-refractivity contribution in [1.82, 2.24) is 0 Å². The molecule has 1 N–H and O–H groups in total. The highest BCUT2D eigenvalue weighted by atomic mass is 15.4. The fraction of sp³-hybridized carbons (Fsp3) is 0.122. The second-order valence-corrected chi connectivity index (χ2v) is 11.3. The van der Waals surface area contributed by atoms with Crippen LogP contribution in [0.4, 0.5) is 28.4 Å². The third-order valence-corrected chi connectivity index (χ3v) is 8.35. The molecular formula is C41H38N4. The number of nitrogens with one attached hydrogen (secondary N) is 1. The number of nitrogens with zero attached hydrogens (tertiary/aromatic N) is 3. The molecule has 222 valence electrons. The van der Waals surface area contributed by atoms with Crippen LogP contribution in [0, 0.1) is 6.92 Å². The third kappa shape index (κ3) is 5.63. The zero-order valence-corrected chi connectivity index (χ0v) is 25.1. The van der Waals surface area contributed by atoms with E-state index in [-0.39, 0.29) is 13.3 Å². The van der Waals surface area contributed by atoms with Crippen LogP contribution in [0.3, 0.4) is 0 Å². The third-order valence-electron chi connectivity index (χ3n) is 8.35. The lowest BCUT2D eigenvalue weighted by atomic mass is 9.87. The molecule has 4 nitrogen and oxygen atoms in total. The zero-order valence-electron chi connectivity index (χ0n) is 31.1. The SMILES string of the molecule is [2H]C([2H])([2H])N(CNc1cc(-c2c(-c3ccccc3)cccc2-c2ccccc2)cc(N2CN(C([2H])([2H])[2H])c3ccccc32)c1)c1ccccc1C. The van der Waals surface area contributed by atoms with Crippen molar-refractivity contribution in [3.05, 3.63) is 151 Å². The van der Waals surface area contributed by atoms with Gasteiger partial charge in [-0.25, -0.2) is 0 Å². The molecule has 4 heteroatoms. The minimum Gasteiger partial charge on any atom is -0.368 e. The molecule has 0 unspecified atom stereocenters. The monoisotopic (exact) mass is 592 g/mol. The van der Waals surface area contributed by atoms with Gasteiger partial charge in [0.15, 0.2) is 0 Å². The Balaban J connectivity index is 1.42. The molecule has 0 fully saturated rings. The first kappa shape index (κ1) is 22.1. The molecule has 0 saturated carbocycles. The first-order valence-electron chi connectivity index (χ1n) is 18.1. The maximum absolute atomic E-state index is 8.40. The summed E-state index contributed by atoms with van der Waals surface area (Å²) < 4.78 is 50.1. The molecule has 6 aromatic rings. The van der Waals surface area contributed by atoms with Crippen molar-refractivity contribution in [2.24, 2.45) is 0 Å². The molecule has 1 aliphatic heterocycles. The van der Waals surface area contributed by atoms with E-state index in [1.807, 2.05) is 103 Å². The Morgan fingerprint density at radius 1 is 0.667 bits per heavy atom. The van der Waals surface area contributed by atoms with E-state index in [9.17, 15) is 0 Å². The van der Waals surface area contributed by atoms with E-state index >= 15 is 0 Å². The normalized spacial score (nSPS) is 14.8. The molecule has 45 heavy (non-hydrogen) atoms. The molecule has 0 atom stereocenters. The number of fused-ring (bicyclic) bond motifs is 1. The first-order chi connectivity index (χ1) is 24.5. The highest BCUT2D eigenvalue weighted by Gasteiger charge is 2.25. The van der Waals surface area contributed by atoms with Gasteiger partial charge in [-0.05, 0) is 82.3 Å². The lowest BCUT2D eigenvalue weighted by molar-refractivity contribution is 0.948. The summed E-state index contributed by atoms with van der Waals surface area (Å²) in [7, 11) is 0. The van der Waals surface area contributed by atoms with Crippen molar-refractivity contribution in [1.29, 1.82) is 0 Å². The topological polar surface area (TPSA) is 21.8 Å². The maximum atomic E-state index is 8.40. The van der Waals surface area contributed by atoms with Crippen molar-refractivity contribution >= 4 is 28.4 Å². The highest BCUT2D eigenvalue weighted by molar-refractivity contribution is 5.97. The Kier molecular flexibility index (Phi) is 6.02. The number of hydrogen-bond acceptors (Lipinski definition) is 4. The average molecular weight is 593 g/mol. The van der Waals surface area contributed by atoms with Gasteiger partial charge in [0.25, 0.3) is 0 Å². The molecule has 7 rings (SSSR count). The second-order valence-electron chi connectivity index (χ2n) is 11.3. The molecule has 1 heterocycles. The van der Waals surface area contributed by atoms with Gasteiger partial charge in [0.2, 0.25) is 0 Å². The van der Waals surface area contributed by atoms with E-state index in [0.29, 0.717) is 17.1 Å². The van der Waals surface area contributed by atoms with Crippen LogP contribution in [0.2, 0.25) is 0 Å². The standard InChI is InChI=1S/C41H38N4/c1-30-15-10-11-22-38(30)43(2)28-42-34-25-33(26-35(27-34)45-29-44(3)39-23-12-13-24-40(39)45)41-36(31-16-6-4-7-17-31)20-14-21-37(41)32-18-8-5-9-19-32/h4-27,42H,28-29H2,1-3H3/i2D3,3D3. The number of rotatable bonds is 8. The van der Waals surface area contributed by atoms with E-state index in [2.05, 4.69) is 59.9 Å². The molecule has 0 saturated heterocycles. The van der Waals surface area contributed by atoms with Gasteiger partial charge in [0, 0.05) is 39.2 Å². The van der Waals surface area contributed by atoms with E-state index in [4.69, 9.17) is 8.22 Å². The van der Waals surface area contributed by atoms with Crippen molar-refractivity contribution in [2.75, 3.05) is 47.3 Å². The van der Waals surface area contributed by atoms with E-state index in [1.165, 1.54) is 9.80 Å². The predicted molar refractivity (Wildman–Crippen MR) is 193 cm³/mol. The number of hydrogen-bond donors (Lipinski definition) is 1. The van der Waals surface area contributed by atoms with Crippen LogP contribution in [0.5, 0.6) is 0 Å². The fourth-order valence-corrected chi connectivity index (χ4v) is 6.15. The molecule has 6 aromatic carbocycles. The Morgan fingerprint density at radius 2 is 1.31 bits per heavy atom. The Labute approximate surface area is 275 Å². The summed E-state index contributed by atoms with van der Waals surface area (Å²) in [6, 6.07) is 47.9. The van der Waals surface area contributed by atoms with Gasteiger partial charge in [0.05, 0.1) is 24.7 Å². The zero-order chi connectivity index (χ0) is 35.8. The van der Waals surface area contributed by atoms with Gasteiger partial charge in [-0.3, -0.25) is 0 Å². The predicted octanol–water partition coefficient (Wildman–Crippen LogP) is 10.0. The molecule has 0 radical (unpaired) electrons. The van der Waals surface area contributed by atoms with Crippen LogP contribution in [-0.2, 0) is 0 Å². The minimum absolute atomic E-state index is 0.00804. The van der Waals surface area contributed by atoms with Crippen molar-refractivity contribution in [3.8, 4) is 33.4 Å². The van der Waals surface area contributed by atoms with Gasteiger partial charge in [0.1, 0.15) is 0 Å². The van der Waals surface area contributed by atoms with Crippen molar-refractivity contribution < 1.29 is 8.22 Å². The molecule has 0 aliphatic carbocycles. The van der Waals surface area contributed by atoms with Crippen LogP contribution >= 0.6 is 0 Å². The summed E-state index contributed by atoms with van der Waals surface area (Å²) in [4.78, 5) is 4.83. The molecule has 0 bridgehead atoms. The van der Waals surface area contributed by atoms with Crippen LogP contribution < -0.4 is 20.0 Å². The number of para-hydroxylation sites is 3. The number of anilines is 5. The Morgan fingerprint density at radius 3 is 1.98 bits per heavy atom. The lowest BCUT2D eigenvalue weighted by Gasteiger charge is -2.25. The maximum Gasteiger partial charge on any atom is 0.0950 e. The van der Waals surface area contributed by atoms with Crippen LogP contribution in [-0.4, -0.2) is 27.3 Å². The summed E-state index contributed by atoms with van der Waals surface area (Å²) in [5.74, 6) is 0. The minimum atomic E-state index is -2.41. The summed E-state index contributed by atoms with van der Waals surface area (Å²) in [5, 5.41) is 3.45. The summed E-state index contributed by atoms with van der Waals surface area (Å²) in [5.41, 5.74) is 10.4. The molecule has 0 aromatic heterocycles. The average Bonchev–Trinajstić information content (AvgIpc) is 3.53. The quantitative estimate of drug-likeness (QED) is 0.178. The Bertz CT molecular complexity index is 2090. The second kappa shape index (κ2) is 12.3. The summed E-state index contributed by atoms with van der Waals surface area (Å²) >= 11 is 0. The highest BCUT2D eigenvalue weighted by Crippen LogP contribution is 2.45. The lowest BCUT2D eigenvalue weighted by Crippen LogP contribution is -2.26.